The van der Waals surface area contributed by atoms with Crippen molar-refractivity contribution in [2.24, 2.45) is 0 Å². The molecule has 29 heavy (non-hydrogen) atoms. The summed E-state index contributed by atoms with van der Waals surface area (Å²) in [5, 5.41) is 0. The Bertz CT molecular complexity index is 1070. The van der Waals surface area contributed by atoms with Gasteiger partial charge in [-0.2, -0.15) is 4.57 Å². The van der Waals surface area contributed by atoms with Crippen molar-refractivity contribution in [2.45, 2.75) is 32.7 Å². The van der Waals surface area contributed by atoms with Crippen LogP contribution in [0.5, 0.6) is 0 Å². The highest BCUT2D eigenvalue weighted by molar-refractivity contribution is 5.69. The van der Waals surface area contributed by atoms with E-state index in [1.807, 2.05) is 0 Å². The van der Waals surface area contributed by atoms with E-state index in [-0.39, 0.29) is 6.04 Å². The van der Waals surface area contributed by atoms with Gasteiger partial charge in [0.25, 0.3) is 0 Å². The minimum absolute atomic E-state index is 0.244. The molecule has 0 N–H and O–H groups in total. The first-order chi connectivity index (χ1) is 14.1. The van der Waals surface area contributed by atoms with Crippen molar-refractivity contribution in [3.05, 3.63) is 114 Å². The molecule has 1 nitrogen and oxygen atoms in total. The summed E-state index contributed by atoms with van der Waals surface area (Å²) in [6.45, 7) is 6.87. The highest BCUT2D eigenvalue weighted by Gasteiger charge is 2.28. The number of hydrogen-bond donors (Lipinski definition) is 0. The largest absolute Gasteiger partial charge is 0.213 e. The zero-order valence-electron chi connectivity index (χ0n) is 17.4. The Morgan fingerprint density at radius 1 is 0.552 bits per heavy atom. The van der Waals surface area contributed by atoms with Crippen molar-refractivity contribution >= 4 is 0 Å². The molecular formula is C28H28N+. The third-order valence-electron chi connectivity index (χ3n) is 5.57. The first-order valence-corrected chi connectivity index (χ1v) is 10.4. The second-order valence-electron chi connectivity index (χ2n) is 7.90. The molecule has 0 aliphatic rings. The van der Waals surface area contributed by atoms with E-state index >= 15 is 0 Å². The Morgan fingerprint density at radius 3 is 1.62 bits per heavy atom. The van der Waals surface area contributed by atoms with Crippen molar-refractivity contribution in [3.8, 4) is 22.4 Å². The molecule has 4 aromatic rings. The fourth-order valence-corrected chi connectivity index (χ4v) is 4.01. The van der Waals surface area contributed by atoms with Crippen LogP contribution in [0.15, 0.2) is 103 Å². The predicted octanol–water partition coefficient (Wildman–Crippen LogP) is 7.04. The van der Waals surface area contributed by atoms with Crippen molar-refractivity contribution in [1.29, 1.82) is 0 Å². The van der Waals surface area contributed by atoms with Gasteiger partial charge in [0, 0.05) is 36.1 Å². The van der Waals surface area contributed by atoms with Crippen LogP contribution < -0.4 is 4.57 Å². The SMILES string of the molecule is CC(C)c1cc(-c2ccccc2)cc(-c2ccccc2)[n+]1C(C)c1ccccc1. The Kier molecular flexibility index (Phi) is 5.57. The van der Waals surface area contributed by atoms with Crippen LogP contribution in [0.4, 0.5) is 0 Å². The van der Waals surface area contributed by atoms with Crippen LogP contribution in [0, 0.1) is 0 Å². The lowest BCUT2D eigenvalue weighted by Gasteiger charge is -2.19. The quantitative estimate of drug-likeness (QED) is 0.328. The van der Waals surface area contributed by atoms with Crippen molar-refractivity contribution in [2.75, 3.05) is 0 Å². The Balaban J connectivity index is 2.00. The van der Waals surface area contributed by atoms with Gasteiger partial charge >= 0.3 is 0 Å². The third-order valence-corrected chi connectivity index (χ3v) is 5.57. The van der Waals surface area contributed by atoms with Gasteiger partial charge < -0.3 is 0 Å². The van der Waals surface area contributed by atoms with E-state index in [0.29, 0.717) is 5.92 Å². The molecular weight excluding hydrogens is 350 g/mol. The molecule has 4 rings (SSSR count). The maximum Gasteiger partial charge on any atom is 0.213 e. The van der Waals surface area contributed by atoms with Crippen LogP contribution in [0.2, 0.25) is 0 Å². The monoisotopic (exact) mass is 378 g/mol. The number of aromatic nitrogens is 1. The number of hydrogen-bond acceptors (Lipinski definition) is 0. The van der Waals surface area contributed by atoms with Gasteiger partial charge in [-0.15, -0.1) is 0 Å². The van der Waals surface area contributed by atoms with Crippen LogP contribution in [-0.4, -0.2) is 0 Å². The second kappa shape index (κ2) is 8.45. The average molecular weight is 379 g/mol. The fourth-order valence-electron chi connectivity index (χ4n) is 4.01. The zero-order valence-corrected chi connectivity index (χ0v) is 17.4. The number of benzene rings is 3. The minimum atomic E-state index is 0.244. The molecule has 1 unspecified atom stereocenters. The molecule has 0 aliphatic carbocycles. The lowest BCUT2D eigenvalue weighted by atomic mass is 9.96. The number of pyridine rings is 1. The van der Waals surface area contributed by atoms with E-state index in [1.165, 1.54) is 33.6 Å². The summed E-state index contributed by atoms with van der Waals surface area (Å²) >= 11 is 0. The molecule has 1 heteroatoms. The van der Waals surface area contributed by atoms with Gasteiger partial charge in [0.05, 0.1) is 0 Å². The number of rotatable bonds is 5. The summed E-state index contributed by atoms with van der Waals surface area (Å²) in [7, 11) is 0. The minimum Gasteiger partial charge on any atom is -0.189 e. The molecule has 1 atom stereocenters. The Morgan fingerprint density at radius 2 is 1.07 bits per heavy atom. The van der Waals surface area contributed by atoms with Crippen molar-refractivity contribution in [1.82, 2.24) is 0 Å². The summed E-state index contributed by atoms with van der Waals surface area (Å²) in [5.74, 6) is 0.410. The third kappa shape index (κ3) is 4.00. The molecule has 0 amide bonds. The molecule has 0 radical (unpaired) electrons. The van der Waals surface area contributed by atoms with E-state index in [9.17, 15) is 0 Å². The van der Waals surface area contributed by atoms with E-state index in [2.05, 4.69) is 128 Å². The summed E-state index contributed by atoms with van der Waals surface area (Å²) < 4.78 is 2.52. The lowest BCUT2D eigenvalue weighted by Crippen LogP contribution is -2.45. The lowest BCUT2D eigenvalue weighted by molar-refractivity contribution is -0.708. The van der Waals surface area contributed by atoms with Crippen LogP contribution in [0.1, 0.15) is 44.0 Å². The molecule has 0 saturated carbocycles. The van der Waals surface area contributed by atoms with Crippen LogP contribution >= 0.6 is 0 Å². The van der Waals surface area contributed by atoms with Gasteiger partial charge in [0.2, 0.25) is 5.69 Å². The molecule has 0 bridgehead atoms. The maximum atomic E-state index is 2.52. The molecule has 1 heterocycles. The maximum absolute atomic E-state index is 2.52. The van der Waals surface area contributed by atoms with Gasteiger partial charge in [-0.1, -0.05) is 92.7 Å². The van der Waals surface area contributed by atoms with Crippen LogP contribution in [0.25, 0.3) is 22.4 Å². The van der Waals surface area contributed by atoms with Gasteiger partial charge in [0.1, 0.15) is 0 Å². The Hall–Kier alpha value is -3.19. The van der Waals surface area contributed by atoms with Crippen LogP contribution in [0.3, 0.4) is 0 Å². The van der Waals surface area contributed by atoms with Gasteiger partial charge in [-0.3, -0.25) is 0 Å². The second-order valence-corrected chi connectivity index (χ2v) is 7.90. The predicted molar refractivity (Wildman–Crippen MR) is 122 cm³/mol. The van der Waals surface area contributed by atoms with Crippen molar-refractivity contribution < 1.29 is 4.57 Å². The van der Waals surface area contributed by atoms with Gasteiger partial charge in [-0.25, -0.2) is 0 Å². The first-order valence-electron chi connectivity index (χ1n) is 10.4. The molecule has 3 aromatic carbocycles. The van der Waals surface area contributed by atoms with E-state index in [0.717, 1.165) is 0 Å². The molecule has 0 spiro atoms. The molecule has 0 fully saturated rings. The van der Waals surface area contributed by atoms with Gasteiger partial charge in [0.15, 0.2) is 11.7 Å². The molecule has 0 aliphatic heterocycles. The van der Waals surface area contributed by atoms with Gasteiger partial charge in [-0.05, 0) is 23.3 Å². The first kappa shape index (κ1) is 19.1. The number of nitrogens with zero attached hydrogens (tertiary/aromatic N) is 1. The standard InChI is InChI=1S/C28H28N/c1-21(2)27-19-26(24-15-9-5-10-16-24)20-28(25-17-11-6-12-18-25)29(27)22(3)23-13-7-4-8-14-23/h4-22H,1-3H3/q+1. The highest BCUT2D eigenvalue weighted by atomic mass is 15.0. The average Bonchev–Trinajstić information content (AvgIpc) is 2.79. The van der Waals surface area contributed by atoms with Crippen LogP contribution in [-0.2, 0) is 0 Å². The smallest absolute Gasteiger partial charge is 0.189 e. The Labute approximate surface area is 174 Å². The highest BCUT2D eigenvalue weighted by Crippen LogP contribution is 2.30. The summed E-state index contributed by atoms with van der Waals surface area (Å²) in [6, 6.07) is 37.2. The summed E-state index contributed by atoms with van der Waals surface area (Å²) in [5.41, 5.74) is 7.70. The van der Waals surface area contributed by atoms with E-state index in [1.54, 1.807) is 0 Å². The normalized spacial score (nSPS) is 12.1. The molecule has 1 aromatic heterocycles. The van der Waals surface area contributed by atoms with Crippen molar-refractivity contribution in [3.63, 3.8) is 0 Å². The fraction of sp³-hybridized carbons (Fsp3) is 0.179. The van der Waals surface area contributed by atoms with E-state index < -0.39 is 0 Å². The van der Waals surface area contributed by atoms with E-state index in [4.69, 9.17) is 0 Å². The molecule has 144 valence electrons. The zero-order chi connectivity index (χ0) is 20.2. The summed E-state index contributed by atoms with van der Waals surface area (Å²) in [6.07, 6.45) is 0. The summed E-state index contributed by atoms with van der Waals surface area (Å²) in [4.78, 5) is 0. The molecule has 0 saturated heterocycles. The topological polar surface area (TPSA) is 3.88 Å².